The van der Waals surface area contributed by atoms with Crippen LogP contribution in [0.15, 0.2) is 17.2 Å². The molecule has 2 aliphatic rings. The Bertz CT molecular complexity index is 500. The summed E-state index contributed by atoms with van der Waals surface area (Å²) in [4.78, 5) is 18.7. The molecule has 1 aromatic heterocycles. The Morgan fingerprint density at radius 1 is 1.35 bits per heavy atom. The monoisotopic (exact) mass is 277 g/mol. The summed E-state index contributed by atoms with van der Waals surface area (Å²) in [6, 6.07) is 0. The first kappa shape index (κ1) is 13.6. The summed E-state index contributed by atoms with van der Waals surface area (Å²) in [6.45, 7) is 5.43. The van der Waals surface area contributed by atoms with Gasteiger partial charge in [-0.3, -0.25) is 4.79 Å². The number of anilines is 1. The SMILES string of the molecule is CCn1ccnc(N2CCC(C3CCCO3)CC2)c1=O. The standard InChI is InChI=1S/C15H23N3O2/c1-2-17-10-7-16-14(15(17)19)18-8-5-12(6-9-18)13-4-3-11-20-13/h7,10,12-13H,2-6,8-9,11H2,1H3. The minimum Gasteiger partial charge on any atom is -0.378 e. The summed E-state index contributed by atoms with van der Waals surface area (Å²) in [5.74, 6) is 1.27. The van der Waals surface area contributed by atoms with E-state index in [9.17, 15) is 4.79 Å². The molecule has 0 radical (unpaired) electrons. The molecule has 1 unspecified atom stereocenters. The summed E-state index contributed by atoms with van der Waals surface area (Å²) in [6.07, 6.45) is 8.55. The number of ether oxygens (including phenoxy) is 1. The van der Waals surface area contributed by atoms with Crippen molar-refractivity contribution in [3.8, 4) is 0 Å². The van der Waals surface area contributed by atoms with Crippen LogP contribution in [0.5, 0.6) is 0 Å². The molecule has 2 aliphatic heterocycles. The zero-order valence-electron chi connectivity index (χ0n) is 12.1. The fourth-order valence-corrected chi connectivity index (χ4v) is 3.36. The third-order valence-corrected chi connectivity index (χ3v) is 4.57. The average Bonchev–Trinajstić information content (AvgIpc) is 3.02. The maximum Gasteiger partial charge on any atom is 0.293 e. The smallest absolute Gasteiger partial charge is 0.293 e. The van der Waals surface area contributed by atoms with E-state index in [0.29, 0.717) is 24.4 Å². The van der Waals surface area contributed by atoms with Crippen LogP contribution in [-0.2, 0) is 11.3 Å². The maximum atomic E-state index is 12.3. The van der Waals surface area contributed by atoms with Gasteiger partial charge >= 0.3 is 0 Å². The molecule has 0 aromatic carbocycles. The van der Waals surface area contributed by atoms with Gasteiger partial charge in [-0.05, 0) is 38.5 Å². The third kappa shape index (κ3) is 2.59. The van der Waals surface area contributed by atoms with Crippen LogP contribution in [-0.4, -0.2) is 35.4 Å². The second kappa shape index (κ2) is 5.95. The largest absolute Gasteiger partial charge is 0.378 e. The molecule has 1 atom stereocenters. The van der Waals surface area contributed by atoms with Crippen LogP contribution in [0, 0.1) is 5.92 Å². The van der Waals surface area contributed by atoms with Crippen molar-refractivity contribution >= 4 is 5.82 Å². The zero-order chi connectivity index (χ0) is 13.9. The van der Waals surface area contributed by atoms with Crippen LogP contribution in [0.2, 0.25) is 0 Å². The lowest BCUT2D eigenvalue weighted by molar-refractivity contribution is 0.0531. The predicted octanol–water partition coefficient (Wildman–Crippen LogP) is 1.66. The summed E-state index contributed by atoms with van der Waals surface area (Å²) < 4.78 is 7.51. The molecule has 2 fully saturated rings. The molecule has 2 saturated heterocycles. The van der Waals surface area contributed by atoms with Crippen LogP contribution < -0.4 is 10.5 Å². The van der Waals surface area contributed by atoms with Gasteiger partial charge in [0.2, 0.25) is 0 Å². The Morgan fingerprint density at radius 3 is 2.80 bits per heavy atom. The molecule has 5 nitrogen and oxygen atoms in total. The fraction of sp³-hybridized carbons (Fsp3) is 0.733. The molecule has 0 spiro atoms. The van der Waals surface area contributed by atoms with Crippen LogP contribution in [0.25, 0.3) is 0 Å². The highest BCUT2D eigenvalue weighted by molar-refractivity contribution is 5.36. The Labute approximate surface area is 119 Å². The van der Waals surface area contributed by atoms with E-state index in [2.05, 4.69) is 9.88 Å². The average molecular weight is 277 g/mol. The van der Waals surface area contributed by atoms with E-state index in [0.717, 1.165) is 32.5 Å². The van der Waals surface area contributed by atoms with Gasteiger partial charge in [-0.15, -0.1) is 0 Å². The first-order valence-corrected chi connectivity index (χ1v) is 7.71. The van der Waals surface area contributed by atoms with E-state index >= 15 is 0 Å². The number of hydrogen-bond acceptors (Lipinski definition) is 4. The van der Waals surface area contributed by atoms with Gasteiger partial charge < -0.3 is 14.2 Å². The fourth-order valence-electron chi connectivity index (χ4n) is 3.36. The maximum absolute atomic E-state index is 12.3. The van der Waals surface area contributed by atoms with Crippen LogP contribution in [0.3, 0.4) is 0 Å². The van der Waals surface area contributed by atoms with Gasteiger partial charge in [0.1, 0.15) is 0 Å². The molecule has 3 rings (SSSR count). The molecule has 110 valence electrons. The van der Waals surface area contributed by atoms with Crippen molar-refractivity contribution in [3.05, 3.63) is 22.7 Å². The number of piperidine rings is 1. The zero-order valence-corrected chi connectivity index (χ0v) is 12.1. The van der Waals surface area contributed by atoms with E-state index in [4.69, 9.17) is 4.74 Å². The van der Waals surface area contributed by atoms with Crippen molar-refractivity contribution in [3.63, 3.8) is 0 Å². The van der Waals surface area contributed by atoms with Gasteiger partial charge in [-0.2, -0.15) is 0 Å². The van der Waals surface area contributed by atoms with Crippen LogP contribution >= 0.6 is 0 Å². The minimum atomic E-state index is 0.0329. The molecule has 0 N–H and O–H groups in total. The summed E-state index contributed by atoms with van der Waals surface area (Å²) in [5, 5.41) is 0. The van der Waals surface area contributed by atoms with E-state index in [1.54, 1.807) is 17.0 Å². The lowest BCUT2D eigenvalue weighted by Crippen LogP contribution is -2.41. The van der Waals surface area contributed by atoms with Crippen molar-refractivity contribution in [2.75, 3.05) is 24.6 Å². The van der Waals surface area contributed by atoms with Crippen molar-refractivity contribution in [2.24, 2.45) is 5.92 Å². The highest BCUT2D eigenvalue weighted by Gasteiger charge is 2.30. The van der Waals surface area contributed by atoms with Gasteiger partial charge in [0.15, 0.2) is 5.82 Å². The molecular formula is C15H23N3O2. The lowest BCUT2D eigenvalue weighted by Gasteiger charge is -2.34. The van der Waals surface area contributed by atoms with Crippen LogP contribution in [0.1, 0.15) is 32.6 Å². The molecule has 1 aromatic rings. The van der Waals surface area contributed by atoms with Gasteiger partial charge in [0.25, 0.3) is 5.56 Å². The number of aryl methyl sites for hydroxylation is 1. The van der Waals surface area contributed by atoms with E-state index in [-0.39, 0.29) is 5.56 Å². The Hall–Kier alpha value is -1.36. The van der Waals surface area contributed by atoms with Gasteiger partial charge in [-0.1, -0.05) is 0 Å². The number of aromatic nitrogens is 2. The van der Waals surface area contributed by atoms with E-state index < -0.39 is 0 Å². The van der Waals surface area contributed by atoms with Crippen molar-refractivity contribution < 1.29 is 4.74 Å². The van der Waals surface area contributed by atoms with Crippen LogP contribution in [0.4, 0.5) is 5.82 Å². The highest BCUT2D eigenvalue weighted by Crippen LogP contribution is 2.29. The van der Waals surface area contributed by atoms with Crippen molar-refractivity contribution in [1.82, 2.24) is 9.55 Å². The predicted molar refractivity (Wildman–Crippen MR) is 78.1 cm³/mol. The van der Waals surface area contributed by atoms with E-state index in [1.165, 1.54) is 12.8 Å². The number of rotatable bonds is 3. The van der Waals surface area contributed by atoms with Crippen molar-refractivity contribution in [2.45, 2.75) is 45.3 Å². The number of hydrogen-bond donors (Lipinski definition) is 0. The van der Waals surface area contributed by atoms with Crippen molar-refractivity contribution in [1.29, 1.82) is 0 Å². The third-order valence-electron chi connectivity index (χ3n) is 4.57. The molecule has 20 heavy (non-hydrogen) atoms. The Balaban J connectivity index is 1.67. The summed E-state index contributed by atoms with van der Waals surface area (Å²) in [7, 11) is 0. The molecule has 3 heterocycles. The topological polar surface area (TPSA) is 47.4 Å². The lowest BCUT2D eigenvalue weighted by atomic mass is 9.90. The summed E-state index contributed by atoms with van der Waals surface area (Å²) in [5.41, 5.74) is 0.0329. The van der Waals surface area contributed by atoms with Gasteiger partial charge in [-0.25, -0.2) is 4.98 Å². The Kier molecular flexibility index (Phi) is 4.05. The molecule has 0 bridgehead atoms. The number of nitrogens with zero attached hydrogens (tertiary/aromatic N) is 3. The molecular weight excluding hydrogens is 254 g/mol. The molecule has 0 aliphatic carbocycles. The molecule has 5 heteroatoms. The molecule has 0 saturated carbocycles. The summed E-state index contributed by atoms with van der Waals surface area (Å²) >= 11 is 0. The Morgan fingerprint density at radius 2 is 2.15 bits per heavy atom. The minimum absolute atomic E-state index is 0.0329. The second-order valence-corrected chi connectivity index (χ2v) is 5.72. The normalized spacial score (nSPS) is 24.2. The first-order valence-electron chi connectivity index (χ1n) is 7.71. The van der Waals surface area contributed by atoms with E-state index in [1.807, 2.05) is 6.92 Å². The van der Waals surface area contributed by atoms with Gasteiger partial charge in [0.05, 0.1) is 6.10 Å². The highest BCUT2D eigenvalue weighted by atomic mass is 16.5. The molecule has 0 amide bonds. The van der Waals surface area contributed by atoms with Gasteiger partial charge in [0, 0.05) is 38.6 Å². The first-order chi connectivity index (χ1) is 9.79. The second-order valence-electron chi connectivity index (χ2n) is 5.72. The quantitative estimate of drug-likeness (QED) is 0.843.